The van der Waals surface area contributed by atoms with Crippen molar-refractivity contribution in [2.75, 3.05) is 11.9 Å². The Bertz CT molecular complexity index is 294. The van der Waals surface area contributed by atoms with Crippen molar-refractivity contribution in [2.24, 2.45) is 0 Å². The number of aliphatic hydroxyl groups excluding tert-OH is 1. The Morgan fingerprint density at radius 1 is 1.43 bits per heavy atom. The van der Waals surface area contributed by atoms with E-state index in [-0.39, 0.29) is 6.10 Å². The summed E-state index contributed by atoms with van der Waals surface area (Å²) in [7, 11) is 0. The summed E-state index contributed by atoms with van der Waals surface area (Å²) in [6, 6.07) is 6.33. The van der Waals surface area contributed by atoms with Crippen LogP contribution in [0.15, 0.2) is 18.2 Å². The van der Waals surface area contributed by atoms with Gasteiger partial charge >= 0.3 is 0 Å². The summed E-state index contributed by atoms with van der Waals surface area (Å²) in [6.45, 7) is 6.66. The molecule has 78 valence electrons. The van der Waals surface area contributed by atoms with Gasteiger partial charge in [-0.05, 0) is 43.5 Å². The maximum Gasteiger partial charge on any atom is 0.0684 e. The van der Waals surface area contributed by atoms with Crippen LogP contribution < -0.4 is 5.32 Å². The molecule has 0 aliphatic heterocycles. The average Bonchev–Trinajstić information content (AvgIpc) is 2.15. The Morgan fingerprint density at radius 3 is 2.64 bits per heavy atom. The molecule has 0 amide bonds. The van der Waals surface area contributed by atoms with Crippen LogP contribution in [0.2, 0.25) is 0 Å². The fourth-order valence-electron chi connectivity index (χ4n) is 1.47. The van der Waals surface area contributed by atoms with Crippen LogP contribution in [0.4, 0.5) is 5.69 Å². The number of aliphatic hydroxyl groups is 1. The van der Waals surface area contributed by atoms with Crippen LogP contribution in [-0.4, -0.2) is 17.8 Å². The lowest BCUT2D eigenvalue weighted by Gasteiger charge is -2.10. The van der Waals surface area contributed by atoms with Gasteiger partial charge in [0.25, 0.3) is 0 Å². The number of rotatable bonds is 4. The van der Waals surface area contributed by atoms with Crippen LogP contribution in [0, 0.1) is 6.92 Å². The lowest BCUT2D eigenvalue weighted by atomic mass is 10.1. The van der Waals surface area contributed by atoms with Crippen molar-refractivity contribution in [3.05, 3.63) is 29.3 Å². The minimum atomic E-state index is -0.304. The van der Waals surface area contributed by atoms with Gasteiger partial charge in [-0.15, -0.1) is 0 Å². The third-order valence-corrected chi connectivity index (χ3v) is 2.33. The van der Waals surface area contributed by atoms with Crippen LogP contribution in [-0.2, 0) is 6.42 Å². The standard InChI is InChI=1S/C12H19NO/c1-4-11-5-6-12(7-9(11)2)13-8-10(3)14/h5-7,10,13-14H,4,8H2,1-3H3/t10-/m0/s1. The van der Waals surface area contributed by atoms with Gasteiger partial charge in [0.05, 0.1) is 6.10 Å². The lowest BCUT2D eigenvalue weighted by Crippen LogP contribution is -2.15. The predicted molar refractivity (Wildman–Crippen MR) is 60.7 cm³/mol. The largest absolute Gasteiger partial charge is 0.392 e. The fraction of sp³-hybridized carbons (Fsp3) is 0.500. The highest BCUT2D eigenvalue weighted by atomic mass is 16.3. The predicted octanol–water partition coefficient (Wildman–Crippen LogP) is 2.35. The van der Waals surface area contributed by atoms with Gasteiger partial charge in [0.15, 0.2) is 0 Å². The molecule has 0 saturated heterocycles. The zero-order valence-electron chi connectivity index (χ0n) is 9.17. The van der Waals surface area contributed by atoms with Crippen LogP contribution in [0.1, 0.15) is 25.0 Å². The van der Waals surface area contributed by atoms with E-state index in [1.807, 2.05) is 0 Å². The summed E-state index contributed by atoms with van der Waals surface area (Å²) < 4.78 is 0. The molecule has 0 aliphatic rings. The van der Waals surface area contributed by atoms with E-state index in [9.17, 15) is 0 Å². The number of hydrogen-bond donors (Lipinski definition) is 2. The second kappa shape index (κ2) is 5.01. The topological polar surface area (TPSA) is 32.3 Å². The third-order valence-electron chi connectivity index (χ3n) is 2.33. The first-order chi connectivity index (χ1) is 6.63. The minimum absolute atomic E-state index is 0.304. The quantitative estimate of drug-likeness (QED) is 0.769. The monoisotopic (exact) mass is 193 g/mol. The van der Waals surface area contributed by atoms with Crippen LogP contribution >= 0.6 is 0 Å². The molecule has 1 rings (SSSR count). The molecule has 1 aromatic rings. The van der Waals surface area contributed by atoms with Crippen molar-refractivity contribution in [3.8, 4) is 0 Å². The fourth-order valence-corrected chi connectivity index (χ4v) is 1.47. The van der Waals surface area contributed by atoms with Crippen molar-refractivity contribution < 1.29 is 5.11 Å². The highest BCUT2D eigenvalue weighted by Gasteiger charge is 1.99. The second-order valence-electron chi connectivity index (χ2n) is 3.72. The van der Waals surface area contributed by atoms with Crippen LogP contribution in [0.5, 0.6) is 0 Å². The molecular weight excluding hydrogens is 174 g/mol. The molecule has 0 spiro atoms. The summed E-state index contributed by atoms with van der Waals surface area (Å²) in [4.78, 5) is 0. The van der Waals surface area contributed by atoms with Crippen molar-refractivity contribution >= 4 is 5.69 Å². The molecular formula is C12H19NO. The van der Waals surface area contributed by atoms with Gasteiger partial charge in [0.2, 0.25) is 0 Å². The zero-order chi connectivity index (χ0) is 10.6. The van der Waals surface area contributed by atoms with E-state index < -0.39 is 0 Å². The van der Waals surface area contributed by atoms with E-state index >= 15 is 0 Å². The van der Waals surface area contributed by atoms with E-state index in [2.05, 4.69) is 37.4 Å². The molecule has 1 aromatic carbocycles. The summed E-state index contributed by atoms with van der Waals surface area (Å²) in [5.74, 6) is 0. The van der Waals surface area contributed by atoms with Gasteiger partial charge in [0, 0.05) is 12.2 Å². The van der Waals surface area contributed by atoms with Gasteiger partial charge in [-0.25, -0.2) is 0 Å². The van der Waals surface area contributed by atoms with E-state index in [4.69, 9.17) is 5.11 Å². The molecule has 0 fully saturated rings. The van der Waals surface area contributed by atoms with Crippen molar-refractivity contribution in [3.63, 3.8) is 0 Å². The Morgan fingerprint density at radius 2 is 2.14 bits per heavy atom. The molecule has 0 heterocycles. The van der Waals surface area contributed by atoms with Crippen molar-refractivity contribution in [1.82, 2.24) is 0 Å². The smallest absolute Gasteiger partial charge is 0.0684 e. The summed E-state index contributed by atoms with van der Waals surface area (Å²) in [5, 5.41) is 12.3. The van der Waals surface area contributed by atoms with Gasteiger partial charge in [-0.1, -0.05) is 13.0 Å². The van der Waals surface area contributed by atoms with Gasteiger partial charge < -0.3 is 10.4 Å². The zero-order valence-corrected chi connectivity index (χ0v) is 9.17. The highest BCUT2D eigenvalue weighted by Crippen LogP contribution is 2.15. The van der Waals surface area contributed by atoms with Gasteiger partial charge in [-0.2, -0.15) is 0 Å². The Labute approximate surface area is 86.0 Å². The van der Waals surface area contributed by atoms with E-state index in [0.717, 1.165) is 12.1 Å². The van der Waals surface area contributed by atoms with Gasteiger partial charge in [-0.3, -0.25) is 0 Å². The molecule has 1 atom stereocenters. The minimum Gasteiger partial charge on any atom is -0.392 e. The van der Waals surface area contributed by atoms with Gasteiger partial charge in [0.1, 0.15) is 0 Å². The maximum atomic E-state index is 9.12. The second-order valence-corrected chi connectivity index (χ2v) is 3.72. The molecule has 0 saturated carbocycles. The molecule has 2 nitrogen and oxygen atoms in total. The number of nitrogens with one attached hydrogen (secondary N) is 1. The van der Waals surface area contributed by atoms with Crippen LogP contribution in [0.25, 0.3) is 0 Å². The molecule has 2 N–H and O–H groups in total. The van der Waals surface area contributed by atoms with Crippen LogP contribution in [0.3, 0.4) is 0 Å². The Kier molecular flexibility index (Phi) is 3.96. The normalized spacial score (nSPS) is 12.6. The Balaban J connectivity index is 2.66. The first-order valence-electron chi connectivity index (χ1n) is 5.15. The molecule has 2 heteroatoms. The highest BCUT2D eigenvalue weighted by molar-refractivity contribution is 5.48. The average molecular weight is 193 g/mol. The van der Waals surface area contributed by atoms with E-state index in [1.165, 1.54) is 11.1 Å². The SMILES string of the molecule is CCc1ccc(NC[C@H](C)O)cc1C. The number of benzene rings is 1. The first-order valence-corrected chi connectivity index (χ1v) is 5.15. The molecule has 14 heavy (non-hydrogen) atoms. The van der Waals surface area contributed by atoms with E-state index in [1.54, 1.807) is 6.92 Å². The molecule has 0 bridgehead atoms. The molecule has 0 aliphatic carbocycles. The maximum absolute atomic E-state index is 9.12. The number of hydrogen-bond acceptors (Lipinski definition) is 2. The third kappa shape index (κ3) is 3.04. The first kappa shape index (κ1) is 11.1. The Hall–Kier alpha value is -1.02. The number of aryl methyl sites for hydroxylation is 2. The molecule has 0 unspecified atom stereocenters. The van der Waals surface area contributed by atoms with E-state index in [0.29, 0.717) is 6.54 Å². The molecule has 0 radical (unpaired) electrons. The summed E-state index contributed by atoms with van der Waals surface area (Å²) >= 11 is 0. The lowest BCUT2D eigenvalue weighted by molar-refractivity contribution is 0.208. The van der Waals surface area contributed by atoms with Crippen molar-refractivity contribution in [1.29, 1.82) is 0 Å². The van der Waals surface area contributed by atoms with Crippen molar-refractivity contribution in [2.45, 2.75) is 33.3 Å². The number of anilines is 1. The summed E-state index contributed by atoms with van der Waals surface area (Å²) in [5.41, 5.74) is 3.77. The summed E-state index contributed by atoms with van der Waals surface area (Å²) in [6.07, 6.45) is 0.767. The molecule has 0 aromatic heterocycles.